The highest BCUT2D eigenvalue weighted by molar-refractivity contribution is 5.92. The summed E-state index contributed by atoms with van der Waals surface area (Å²) >= 11 is 0. The van der Waals surface area contributed by atoms with Crippen molar-refractivity contribution in [2.75, 3.05) is 13.1 Å². The van der Waals surface area contributed by atoms with E-state index in [1.807, 2.05) is 65.7 Å². The van der Waals surface area contributed by atoms with Crippen LogP contribution in [-0.2, 0) is 41.7 Å². The molecule has 0 radical (unpaired) electrons. The first-order chi connectivity index (χ1) is 19.5. The van der Waals surface area contributed by atoms with Gasteiger partial charge in [-0.25, -0.2) is 5.01 Å². The molecular weight excluding hydrogens is 512 g/mol. The molecule has 212 valence electrons. The van der Waals surface area contributed by atoms with Crippen LogP contribution in [0, 0.1) is 0 Å². The van der Waals surface area contributed by atoms with E-state index in [0.717, 1.165) is 24.0 Å². The quantitative estimate of drug-likeness (QED) is 0.461. The van der Waals surface area contributed by atoms with E-state index in [2.05, 4.69) is 10.6 Å². The Balaban J connectivity index is 1.21. The lowest BCUT2D eigenvalue weighted by Crippen LogP contribution is -2.63. The number of amides is 3. The van der Waals surface area contributed by atoms with Crippen molar-refractivity contribution in [1.29, 1.82) is 0 Å². The molecule has 0 saturated carbocycles. The van der Waals surface area contributed by atoms with Crippen LogP contribution in [0.5, 0.6) is 0 Å². The molecule has 40 heavy (non-hydrogen) atoms. The number of rotatable bonds is 9. The number of ether oxygens (including phenoxy) is 2. The van der Waals surface area contributed by atoms with E-state index in [1.54, 1.807) is 0 Å². The zero-order valence-electron chi connectivity index (χ0n) is 22.5. The predicted molar refractivity (Wildman–Crippen MR) is 145 cm³/mol. The first-order valence-corrected chi connectivity index (χ1v) is 14.0. The highest BCUT2D eigenvalue weighted by Gasteiger charge is 2.44. The number of hydrazine groups is 1. The highest BCUT2D eigenvalue weighted by Crippen LogP contribution is 2.25. The molecule has 0 aliphatic carbocycles. The lowest BCUT2D eigenvalue weighted by atomic mass is 10.0. The second-order valence-electron chi connectivity index (χ2n) is 10.5. The number of cyclic esters (lactones) is 1. The monoisotopic (exact) mass is 548 g/mol. The maximum atomic E-state index is 13.7. The summed E-state index contributed by atoms with van der Waals surface area (Å²) in [7, 11) is 0. The number of benzene rings is 2. The Morgan fingerprint density at radius 3 is 2.30 bits per heavy atom. The van der Waals surface area contributed by atoms with E-state index in [-0.39, 0.29) is 37.2 Å². The van der Waals surface area contributed by atoms with Crippen molar-refractivity contribution in [2.24, 2.45) is 0 Å². The van der Waals surface area contributed by atoms with Crippen molar-refractivity contribution in [3.63, 3.8) is 0 Å². The summed E-state index contributed by atoms with van der Waals surface area (Å²) in [6, 6.07) is 17.1. The number of hydrogen-bond acceptors (Lipinski definition) is 7. The Labute approximate surface area is 234 Å². The summed E-state index contributed by atoms with van der Waals surface area (Å²) in [5, 5.41) is 9.29. The van der Waals surface area contributed by atoms with Crippen LogP contribution in [0.2, 0.25) is 0 Å². The second-order valence-corrected chi connectivity index (χ2v) is 10.5. The molecule has 2 N–H and O–H groups in total. The molecule has 3 amide bonds. The van der Waals surface area contributed by atoms with Gasteiger partial charge in [0.25, 0.3) is 5.91 Å². The molecule has 2 aromatic rings. The van der Waals surface area contributed by atoms with Gasteiger partial charge in [0.05, 0.1) is 13.0 Å². The van der Waals surface area contributed by atoms with Gasteiger partial charge in [0.15, 0.2) is 0 Å². The van der Waals surface area contributed by atoms with Crippen LogP contribution in [0.4, 0.5) is 0 Å². The molecule has 3 saturated heterocycles. The van der Waals surface area contributed by atoms with Gasteiger partial charge in [-0.1, -0.05) is 60.7 Å². The minimum absolute atomic E-state index is 0.00429. The Bertz CT molecular complexity index is 1190. The van der Waals surface area contributed by atoms with E-state index < -0.39 is 30.4 Å². The number of nitrogens with one attached hydrogen (secondary N) is 2. The fourth-order valence-electron chi connectivity index (χ4n) is 5.55. The van der Waals surface area contributed by atoms with Crippen molar-refractivity contribution in [1.82, 2.24) is 20.7 Å². The van der Waals surface area contributed by atoms with Gasteiger partial charge in [-0.05, 0) is 43.2 Å². The summed E-state index contributed by atoms with van der Waals surface area (Å²) in [6.07, 6.45) is 2.43. The predicted octanol–water partition coefficient (Wildman–Crippen LogP) is 2.08. The summed E-state index contributed by atoms with van der Waals surface area (Å²) in [5.41, 5.74) is 1.98. The van der Waals surface area contributed by atoms with Gasteiger partial charge in [-0.3, -0.25) is 24.2 Å². The van der Waals surface area contributed by atoms with Crippen LogP contribution in [-0.4, -0.2) is 71.2 Å². The van der Waals surface area contributed by atoms with E-state index in [1.165, 1.54) is 5.01 Å². The molecule has 0 bridgehead atoms. The minimum Gasteiger partial charge on any atom is -0.433 e. The topological polar surface area (TPSA) is 117 Å². The lowest BCUT2D eigenvalue weighted by Gasteiger charge is -2.43. The number of aryl methyl sites for hydroxylation is 1. The van der Waals surface area contributed by atoms with E-state index in [9.17, 15) is 19.2 Å². The fraction of sp³-hybridized carbons (Fsp3) is 0.467. The van der Waals surface area contributed by atoms with Gasteiger partial charge < -0.3 is 20.1 Å². The largest absolute Gasteiger partial charge is 0.433 e. The Morgan fingerprint density at radius 2 is 1.57 bits per heavy atom. The average Bonchev–Trinajstić information content (AvgIpc) is 3.24. The van der Waals surface area contributed by atoms with Gasteiger partial charge in [0, 0.05) is 19.5 Å². The average molecular weight is 549 g/mol. The van der Waals surface area contributed by atoms with E-state index in [4.69, 9.17) is 9.47 Å². The van der Waals surface area contributed by atoms with Crippen LogP contribution in [0.1, 0.15) is 49.7 Å². The first-order valence-electron chi connectivity index (χ1n) is 14.0. The summed E-state index contributed by atoms with van der Waals surface area (Å²) in [6.45, 7) is 1.52. The molecule has 4 atom stereocenters. The van der Waals surface area contributed by atoms with Crippen LogP contribution in [0.15, 0.2) is 60.7 Å². The summed E-state index contributed by atoms with van der Waals surface area (Å²) in [4.78, 5) is 52.1. The molecule has 2 aromatic carbocycles. The molecule has 10 heteroatoms. The summed E-state index contributed by atoms with van der Waals surface area (Å²) < 4.78 is 11.2. The van der Waals surface area contributed by atoms with Crippen LogP contribution < -0.4 is 10.6 Å². The Kier molecular flexibility index (Phi) is 9.08. The molecule has 3 aliphatic rings. The van der Waals surface area contributed by atoms with Crippen molar-refractivity contribution in [2.45, 2.75) is 76.0 Å². The maximum Gasteiger partial charge on any atom is 0.310 e. The number of nitrogens with zero attached hydrogens (tertiary/aromatic N) is 2. The fourth-order valence-corrected chi connectivity index (χ4v) is 5.55. The SMILES string of the molecule is O=C(CCc1ccccc1)N[C@H]1CCCN2CCC[C@@H](C(=O)N[C@H]3CC(=O)OC3OCc3ccccc3)N2C1=O. The van der Waals surface area contributed by atoms with Crippen LogP contribution in [0.3, 0.4) is 0 Å². The van der Waals surface area contributed by atoms with Crippen molar-refractivity contribution >= 4 is 23.7 Å². The van der Waals surface area contributed by atoms with E-state index in [0.29, 0.717) is 32.4 Å². The minimum atomic E-state index is -0.909. The van der Waals surface area contributed by atoms with Gasteiger partial charge >= 0.3 is 5.97 Å². The normalized spacial score (nSPS) is 25.1. The molecule has 3 aliphatic heterocycles. The number of carbonyl (C=O) groups is 4. The van der Waals surface area contributed by atoms with E-state index >= 15 is 0 Å². The molecule has 5 rings (SSSR count). The van der Waals surface area contributed by atoms with Gasteiger partial charge in [-0.2, -0.15) is 0 Å². The third-order valence-electron chi connectivity index (χ3n) is 7.60. The Morgan fingerprint density at radius 1 is 0.900 bits per heavy atom. The Hall–Kier alpha value is -3.76. The molecule has 1 unspecified atom stereocenters. The van der Waals surface area contributed by atoms with Crippen molar-refractivity contribution in [3.8, 4) is 0 Å². The third kappa shape index (κ3) is 6.86. The standard InChI is InChI=1S/C30H36N4O6/c35-26(16-15-21-9-3-1-4-10-21)31-23-13-7-17-33-18-8-14-25(34(33)29(23)38)28(37)32-24-19-27(36)40-30(24)39-20-22-11-5-2-6-12-22/h1-6,9-12,23-25,30H,7-8,13-20H2,(H,31,35)(H,32,37)/t23-,24-,25-,30?/m0/s1. The van der Waals surface area contributed by atoms with Gasteiger partial charge in [-0.15, -0.1) is 0 Å². The van der Waals surface area contributed by atoms with Gasteiger partial charge in [0.1, 0.15) is 18.1 Å². The zero-order chi connectivity index (χ0) is 27.9. The van der Waals surface area contributed by atoms with Gasteiger partial charge in [0.2, 0.25) is 18.1 Å². The third-order valence-corrected chi connectivity index (χ3v) is 7.60. The molecule has 0 spiro atoms. The smallest absolute Gasteiger partial charge is 0.310 e. The zero-order valence-corrected chi connectivity index (χ0v) is 22.5. The number of carbonyl (C=O) groups excluding carboxylic acids is 4. The molecule has 0 aromatic heterocycles. The molecule has 3 heterocycles. The van der Waals surface area contributed by atoms with Crippen LogP contribution in [0.25, 0.3) is 0 Å². The lowest BCUT2D eigenvalue weighted by molar-refractivity contribution is -0.172. The number of fused-ring (bicyclic) bond motifs is 1. The molecule has 3 fully saturated rings. The number of esters is 1. The number of hydrogen-bond donors (Lipinski definition) is 2. The maximum absolute atomic E-state index is 13.7. The second kappa shape index (κ2) is 13.1. The molecule has 10 nitrogen and oxygen atoms in total. The van der Waals surface area contributed by atoms with Crippen LogP contribution >= 0.6 is 0 Å². The van der Waals surface area contributed by atoms with Crippen molar-refractivity contribution < 1.29 is 28.7 Å². The summed E-state index contributed by atoms with van der Waals surface area (Å²) in [5.74, 6) is -1.27. The molecular formula is C30H36N4O6. The highest BCUT2D eigenvalue weighted by atomic mass is 16.7. The first kappa shape index (κ1) is 27.8. The van der Waals surface area contributed by atoms with Crippen molar-refractivity contribution in [3.05, 3.63) is 71.8 Å².